The van der Waals surface area contributed by atoms with E-state index in [1.807, 2.05) is 38.1 Å². The molecule has 1 saturated carbocycles. The fraction of sp³-hybridized carbons (Fsp3) is 0.312. The van der Waals surface area contributed by atoms with Crippen LogP contribution in [0.15, 0.2) is 30.3 Å². The van der Waals surface area contributed by atoms with E-state index in [-0.39, 0.29) is 5.91 Å². The van der Waals surface area contributed by atoms with E-state index in [2.05, 4.69) is 15.5 Å². The zero-order chi connectivity index (χ0) is 14.1. The van der Waals surface area contributed by atoms with Gasteiger partial charge in [0, 0.05) is 11.6 Å². The number of para-hydroxylation sites is 1. The Balaban J connectivity index is 1.78. The molecule has 0 saturated heterocycles. The van der Waals surface area contributed by atoms with Crippen LogP contribution in [0.4, 0.5) is 5.69 Å². The van der Waals surface area contributed by atoms with Gasteiger partial charge in [0.05, 0.1) is 5.69 Å². The third kappa shape index (κ3) is 2.54. The highest BCUT2D eigenvalue weighted by Gasteiger charge is 2.25. The Bertz CT molecular complexity index is 625. The van der Waals surface area contributed by atoms with Gasteiger partial charge in [-0.25, -0.2) is 0 Å². The Labute approximate surface area is 118 Å². The fourth-order valence-electron chi connectivity index (χ4n) is 2.25. The molecule has 0 spiro atoms. The van der Waals surface area contributed by atoms with E-state index < -0.39 is 0 Å². The number of aromatic nitrogens is 2. The zero-order valence-electron chi connectivity index (χ0n) is 11.7. The number of hydrogen-bond acceptors (Lipinski definition) is 3. The van der Waals surface area contributed by atoms with Gasteiger partial charge in [0.2, 0.25) is 0 Å². The molecule has 3 rings (SSSR count). The maximum absolute atomic E-state index is 12.2. The van der Waals surface area contributed by atoms with Gasteiger partial charge in [-0.3, -0.25) is 4.79 Å². The van der Waals surface area contributed by atoms with Crippen molar-refractivity contribution in [3.8, 4) is 0 Å². The van der Waals surface area contributed by atoms with Crippen molar-refractivity contribution in [2.45, 2.75) is 32.6 Å². The van der Waals surface area contributed by atoms with Crippen LogP contribution in [0, 0.1) is 13.8 Å². The summed E-state index contributed by atoms with van der Waals surface area (Å²) in [5.41, 5.74) is 4.29. The van der Waals surface area contributed by atoms with Crippen molar-refractivity contribution >= 4 is 11.6 Å². The first kappa shape index (κ1) is 12.8. The number of carbonyl (C=O) groups excluding carboxylic acids is 1. The maximum Gasteiger partial charge on any atom is 0.276 e. The number of amides is 1. The molecule has 102 valence electrons. The number of hydrogen-bond donors (Lipinski definition) is 1. The molecule has 1 heterocycles. The molecule has 0 radical (unpaired) electrons. The molecule has 1 amide bonds. The second kappa shape index (κ2) is 5.04. The first-order valence-electron chi connectivity index (χ1n) is 6.86. The van der Waals surface area contributed by atoms with Crippen molar-refractivity contribution in [2.75, 3.05) is 5.32 Å². The average molecular weight is 267 g/mol. The van der Waals surface area contributed by atoms with Crippen LogP contribution >= 0.6 is 0 Å². The molecule has 20 heavy (non-hydrogen) atoms. The Morgan fingerprint density at radius 2 is 1.80 bits per heavy atom. The number of nitrogens with one attached hydrogen (secondary N) is 1. The monoisotopic (exact) mass is 267 g/mol. The van der Waals surface area contributed by atoms with Crippen LogP contribution in [-0.4, -0.2) is 16.1 Å². The van der Waals surface area contributed by atoms with E-state index in [4.69, 9.17) is 0 Å². The van der Waals surface area contributed by atoms with Crippen molar-refractivity contribution in [2.24, 2.45) is 0 Å². The number of rotatable bonds is 3. The summed E-state index contributed by atoms with van der Waals surface area (Å²) in [5.74, 6) is 0.343. The summed E-state index contributed by atoms with van der Waals surface area (Å²) in [6.07, 6.45) is 2.37. The minimum atomic E-state index is -0.211. The molecular formula is C16H17N3O. The second-order valence-corrected chi connectivity index (χ2v) is 5.34. The Hall–Kier alpha value is -2.23. The van der Waals surface area contributed by atoms with Crippen LogP contribution in [0.2, 0.25) is 0 Å². The lowest BCUT2D eigenvalue weighted by molar-refractivity contribution is 0.102. The lowest BCUT2D eigenvalue weighted by atomic mass is 10.1. The average Bonchev–Trinajstić information content (AvgIpc) is 3.28. The molecule has 1 N–H and O–H groups in total. The molecule has 1 fully saturated rings. The van der Waals surface area contributed by atoms with Crippen molar-refractivity contribution in [3.63, 3.8) is 0 Å². The molecule has 4 nitrogen and oxygen atoms in total. The maximum atomic E-state index is 12.2. The minimum Gasteiger partial charge on any atom is -0.320 e. The summed E-state index contributed by atoms with van der Waals surface area (Å²) in [4.78, 5) is 12.2. The Morgan fingerprint density at radius 3 is 2.35 bits per heavy atom. The highest BCUT2D eigenvalue weighted by atomic mass is 16.1. The topological polar surface area (TPSA) is 54.9 Å². The van der Waals surface area contributed by atoms with Crippen LogP contribution < -0.4 is 5.32 Å². The molecule has 0 aliphatic heterocycles. The van der Waals surface area contributed by atoms with Gasteiger partial charge in [0.15, 0.2) is 5.69 Å². The van der Waals surface area contributed by atoms with Gasteiger partial charge in [-0.05, 0) is 49.9 Å². The summed E-state index contributed by atoms with van der Waals surface area (Å²) >= 11 is 0. The zero-order valence-corrected chi connectivity index (χ0v) is 11.7. The minimum absolute atomic E-state index is 0.211. The lowest BCUT2D eigenvalue weighted by Gasteiger charge is -2.10. The molecule has 0 bridgehead atoms. The van der Waals surface area contributed by atoms with Gasteiger partial charge in [0.25, 0.3) is 5.91 Å². The summed E-state index contributed by atoms with van der Waals surface area (Å²) in [6.45, 7) is 3.95. The van der Waals surface area contributed by atoms with Crippen LogP contribution in [-0.2, 0) is 0 Å². The number of aryl methyl sites for hydroxylation is 2. The largest absolute Gasteiger partial charge is 0.320 e. The van der Waals surface area contributed by atoms with Gasteiger partial charge >= 0.3 is 0 Å². The molecule has 1 aliphatic rings. The SMILES string of the molecule is Cc1cccc(C)c1NC(=O)c1ccc(C2CC2)nn1. The molecule has 0 unspecified atom stereocenters. The fourth-order valence-corrected chi connectivity index (χ4v) is 2.25. The Morgan fingerprint density at radius 1 is 1.10 bits per heavy atom. The summed E-state index contributed by atoms with van der Waals surface area (Å²) < 4.78 is 0. The third-order valence-electron chi connectivity index (χ3n) is 3.63. The number of benzene rings is 1. The summed E-state index contributed by atoms with van der Waals surface area (Å²) in [5, 5.41) is 11.1. The first-order valence-corrected chi connectivity index (χ1v) is 6.86. The molecular weight excluding hydrogens is 250 g/mol. The van der Waals surface area contributed by atoms with Crippen molar-refractivity contribution in [3.05, 3.63) is 52.8 Å². The summed E-state index contributed by atoms with van der Waals surface area (Å²) in [7, 11) is 0. The molecule has 0 atom stereocenters. The van der Waals surface area contributed by atoms with Crippen LogP contribution in [0.25, 0.3) is 0 Å². The van der Waals surface area contributed by atoms with Gasteiger partial charge in [0.1, 0.15) is 0 Å². The van der Waals surface area contributed by atoms with Crippen LogP contribution in [0.3, 0.4) is 0 Å². The van der Waals surface area contributed by atoms with E-state index in [1.54, 1.807) is 6.07 Å². The highest BCUT2D eigenvalue weighted by Crippen LogP contribution is 2.38. The van der Waals surface area contributed by atoms with Gasteiger partial charge < -0.3 is 5.32 Å². The molecule has 1 aliphatic carbocycles. The van der Waals surface area contributed by atoms with Crippen LogP contribution in [0.5, 0.6) is 0 Å². The van der Waals surface area contributed by atoms with E-state index >= 15 is 0 Å². The molecule has 1 aromatic heterocycles. The molecule has 1 aromatic carbocycles. The third-order valence-corrected chi connectivity index (χ3v) is 3.63. The lowest BCUT2D eigenvalue weighted by Crippen LogP contribution is -2.16. The van der Waals surface area contributed by atoms with Crippen molar-refractivity contribution in [1.29, 1.82) is 0 Å². The Kier molecular flexibility index (Phi) is 3.22. The van der Waals surface area contributed by atoms with E-state index in [1.165, 1.54) is 12.8 Å². The number of nitrogens with zero attached hydrogens (tertiary/aromatic N) is 2. The van der Waals surface area contributed by atoms with Gasteiger partial charge in [-0.1, -0.05) is 18.2 Å². The van der Waals surface area contributed by atoms with Crippen LogP contribution in [0.1, 0.15) is 46.1 Å². The highest BCUT2D eigenvalue weighted by molar-refractivity contribution is 6.03. The molecule has 4 heteroatoms. The number of carbonyl (C=O) groups is 1. The van der Waals surface area contributed by atoms with E-state index in [9.17, 15) is 4.79 Å². The number of anilines is 1. The molecule has 2 aromatic rings. The predicted molar refractivity (Wildman–Crippen MR) is 77.9 cm³/mol. The van der Waals surface area contributed by atoms with E-state index in [0.29, 0.717) is 11.6 Å². The van der Waals surface area contributed by atoms with Crippen molar-refractivity contribution < 1.29 is 4.79 Å². The first-order chi connectivity index (χ1) is 9.65. The quantitative estimate of drug-likeness (QED) is 0.929. The standard InChI is InChI=1S/C16H17N3O/c1-10-4-3-5-11(2)15(10)17-16(20)14-9-8-13(18-19-14)12-6-7-12/h3-5,8-9,12H,6-7H2,1-2H3,(H,17,20). The van der Waals surface area contributed by atoms with E-state index in [0.717, 1.165) is 22.5 Å². The predicted octanol–water partition coefficient (Wildman–Crippen LogP) is 3.22. The smallest absolute Gasteiger partial charge is 0.276 e. The van der Waals surface area contributed by atoms with Gasteiger partial charge in [-0.2, -0.15) is 5.10 Å². The second-order valence-electron chi connectivity index (χ2n) is 5.34. The summed E-state index contributed by atoms with van der Waals surface area (Å²) in [6, 6.07) is 9.59. The van der Waals surface area contributed by atoms with Gasteiger partial charge in [-0.15, -0.1) is 5.10 Å². The normalized spacial score (nSPS) is 14.1. The van der Waals surface area contributed by atoms with Crippen molar-refractivity contribution in [1.82, 2.24) is 10.2 Å².